The smallest absolute Gasteiger partial charge is 0.253 e. The lowest BCUT2D eigenvalue weighted by molar-refractivity contribution is -0.124. The molecule has 0 radical (unpaired) electrons. The molecule has 20 heavy (non-hydrogen) atoms. The standard InChI is InChI=1S/C15H20N2O3/c1-11(20-2)14(18)16-13-7-5-12(6-8-13)15(19)17-9-3-4-10-17/h5-8,11H,3-4,9-10H2,1-2H3,(H,16,18). The second-order valence-corrected chi connectivity index (χ2v) is 4.94. The van der Waals surface area contributed by atoms with Crippen molar-refractivity contribution in [1.29, 1.82) is 0 Å². The maximum atomic E-state index is 12.2. The molecule has 1 N–H and O–H groups in total. The molecular formula is C15H20N2O3. The first-order chi connectivity index (χ1) is 9.61. The molecule has 1 aliphatic rings. The van der Waals surface area contributed by atoms with Gasteiger partial charge in [-0.05, 0) is 44.0 Å². The molecule has 1 unspecified atom stereocenters. The molecule has 1 fully saturated rings. The Morgan fingerprint density at radius 2 is 1.80 bits per heavy atom. The van der Waals surface area contributed by atoms with Gasteiger partial charge in [0.1, 0.15) is 6.10 Å². The molecule has 0 saturated carbocycles. The third kappa shape index (κ3) is 3.36. The summed E-state index contributed by atoms with van der Waals surface area (Å²) in [6.07, 6.45) is 1.66. The molecule has 108 valence electrons. The first-order valence-corrected chi connectivity index (χ1v) is 6.85. The number of hydrogen-bond acceptors (Lipinski definition) is 3. The third-order valence-corrected chi connectivity index (χ3v) is 3.52. The summed E-state index contributed by atoms with van der Waals surface area (Å²) in [6, 6.07) is 6.97. The van der Waals surface area contributed by atoms with Gasteiger partial charge in [-0.2, -0.15) is 0 Å². The third-order valence-electron chi connectivity index (χ3n) is 3.52. The van der Waals surface area contributed by atoms with Crippen LogP contribution in [0.4, 0.5) is 5.69 Å². The molecule has 0 spiro atoms. The van der Waals surface area contributed by atoms with Crippen molar-refractivity contribution in [3.05, 3.63) is 29.8 Å². The first kappa shape index (κ1) is 14.5. The molecule has 2 amide bonds. The number of benzene rings is 1. The van der Waals surface area contributed by atoms with Crippen molar-refractivity contribution in [3.8, 4) is 0 Å². The number of nitrogens with one attached hydrogen (secondary N) is 1. The van der Waals surface area contributed by atoms with Gasteiger partial charge in [-0.15, -0.1) is 0 Å². The second kappa shape index (κ2) is 6.52. The van der Waals surface area contributed by atoms with Crippen LogP contribution in [0.3, 0.4) is 0 Å². The summed E-state index contributed by atoms with van der Waals surface area (Å²) in [7, 11) is 1.49. The molecule has 1 heterocycles. The number of amides is 2. The average Bonchev–Trinajstić information content (AvgIpc) is 3.00. The summed E-state index contributed by atoms with van der Waals surface area (Å²) in [5.74, 6) is -0.142. The molecule has 1 aliphatic heterocycles. The van der Waals surface area contributed by atoms with Crippen LogP contribution in [0.5, 0.6) is 0 Å². The highest BCUT2D eigenvalue weighted by atomic mass is 16.5. The monoisotopic (exact) mass is 276 g/mol. The minimum Gasteiger partial charge on any atom is -0.372 e. The van der Waals surface area contributed by atoms with Crippen molar-refractivity contribution in [2.45, 2.75) is 25.9 Å². The number of carbonyl (C=O) groups excluding carboxylic acids is 2. The van der Waals surface area contributed by atoms with Crippen LogP contribution in [0, 0.1) is 0 Å². The predicted molar refractivity (Wildman–Crippen MR) is 76.7 cm³/mol. The zero-order chi connectivity index (χ0) is 14.5. The SMILES string of the molecule is COC(C)C(=O)Nc1ccc(C(=O)N2CCCC2)cc1. The maximum Gasteiger partial charge on any atom is 0.253 e. The van der Waals surface area contributed by atoms with E-state index in [2.05, 4.69) is 5.32 Å². The molecule has 1 saturated heterocycles. The van der Waals surface area contributed by atoms with Crippen LogP contribution in [0.1, 0.15) is 30.1 Å². The minimum absolute atomic E-state index is 0.0608. The molecule has 2 rings (SSSR count). The Morgan fingerprint density at radius 1 is 1.20 bits per heavy atom. The van der Waals surface area contributed by atoms with Crippen molar-refractivity contribution < 1.29 is 14.3 Å². The zero-order valence-corrected chi connectivity index (χ0v) is 11.9. The normalized spacial score (nSPS) is 16.0. The second-order valence-electron chi connectivity index (χ2n) is 4.94. The van der Waals surface area contributed by atoms with Gasteiger partial charge < -0.3 is 15.0 Å². The zero-order valence-electron chi connectivity index (χ0n) is 11.9. The molecule has 1 aromatic carbocycles. The van der Waals surface area contributed by atoms with E-state index < -0.39 is 6.10 Å². The highest BCUT2D eigenvalue weighted by Crippen LogP contribution is 2.15. The summed E-state index contributed by atoms with van der Waals surface area (Å²) in [5, 5.41) is 2.74. The molecule has 0 bridgehead atoms. The van der Waals surface area contributed by atoms with Gasteiger partial charge in [0.15, 0.2) is 0 Å². The number of anilines is 1. The highest BCUT2D eigenvalue weighted by Gasteiger charge is 2.19. The molecule has 0 aliphatic carbocycles. The van der Waals surface area contributed by atoms with Crippen LogP contribution in [0.2, 0.25) is 0 Å². The summed E-state index contributed by atoms with van der Waals surface area (Å²) < 4.78 is 4.94. The lowest BCUT2D eigenvalue weighted by Crippen LogP contribution is -2.28. The molecule has 1 atom stereocenters. The maximum absolute atomic E-state index is 12.2. The van der Waals surface area contributed by atoms with Gasteiger partial charge in [-0.25, -0.2) is 0 Å². The summed E-state index contributed by atoms with van der Waals surface area (Å²) >= 11 is 0. The van der Waals surface area contributed by atoms with E-state index in [0.29, 0.717) is 11.3 Å². The fourth-order valence-corrected chi connectivity index (χ4v) is 2.15. The largest absolute Gasteiger partial charge is 0.372 e. The van der Waals surface area contributed by atoms with Gasteiger partial charge in [0.2, 0.25) is 0 Å². The topological polar surface area (TPSA) is 58.6 Å². The van der Waals surface area contributed by atoms with E-state index in [0.717, 1.165) is 25.9 Å². The van der Waals surface area contributed by atoms with Crippen LogP contribution in [0.15, 0.2) is 24.3 Å². The van der Waals surface area contributed by atoms with Crippen LogP contribution >= 0.6 is 0 Å². The van der Waals surface area contributed by atoms with Crippen molar-refractivity contribution in [2.75, 3.05) is 25.5 Å². The Balaban J connectivity index is 1.99. The van der Waals surface area contributed by atoms with E-state index in [1.165, 1.54) is 7.11 Å². The first-order valence-electron chi connectivity index (χ1n) is 6.85. The van der Waals surface area contributed by atoms with Gasteiger partial charge >= 0.3 is 0 Å². The quantitative estimate of drug-likeness (QED) is 0.913. The Bertz CT molecular complexity index is 478. The molecule has 0 aromatic heterocycles. The number of nitrogens with zero attached hydrogens (tertiary/aromatic N) is 1. The van der Waals surface area contributed by atoms with Gasteiger partial charge in [0, 0.05) is 31.5 Å². The van der Waals surface area contributed by atoms with Crippen molar-refractivity contribution in [3.63, 3.8) is 0 Å². The minimum atomic E-state index is -0.499. The van der Waals surface area contributed by atoms with Crippen molar-refractivity contribution in [2.24, 2.45) is 0 Å². The Morgan fingerprint density at radius 3 is 2.35 bits per heavy atom. The lowest BCUT2D eigenvalue weighted by Gasteiger charge is -2.15. The van der Waals surface area contributed by atoms with Gasteiger partial charge in [-0.1, -0.05) is 0 Å². The Hall–Kier alpha value is -1.88. The summed E-state index contributed by atoms with van der Waals surface area (Å²) in [6.45, 7) is 3.35. The molecular weight excluding hydrogens is 256 g/mol. The Kier molecular flexibility index (Phi) is 4.74. The lowest BCUT2D eigenvalue weighted by atomic mass is 10.2. The van der Waals surface area contributed by atoms with Gasteiger partial charge in [0.05, 0.1) is 0 Å². The van der Waals surface area contributed by atoms with E-state index in [9.17, 15) is 9.59 Å². The number of likely N-dealkylation sites (tertiary alicyclic amines) is 1. The van der Waals surface area contributed by atoms with Gasteiger partial charge in [-0.3, -0.25) is 9.59 Å². The summed E-state index contributed by atoms with van der Waals surface area (Å²) in [4.78, 5) is 25.7. The number of methoxy groups -OCH3 is 1. The average molecular weight is 276 g/mol. The van der Waals surface area contributed by atoms with Gasteiger partial charge in [0.25, 0.3) is 11.8 Å². The number of rotatable bonds is 4. The van der Waals surface area contributed by atoms with Crippen LogP contribution < -0.4 is 5.32 Å². The summed E-state index contributed by atoms with van der Waals surface area (Å²) in [5.41, 5.74) is 1.32. The van der Waals surface area contributed by atoms with Crippen LogP contribution in [0.25, 0.3) is 0 Å². The fourth-order valence-electron chi connectivity index (χ4n) is 2.15. The van der Waals surface area contributed by atoms with E-state index in [-0.39, 0.29) is 11.8 Å². The molecule has 5 heteroatoms. The van der Waals surface area contributed by atoms with E-state index in [4.69, 9.17) is 4.74 Å². The fraction of sp³-hybridized carbons (Fsp3) is 0.467. The van der Waals surface area contributed by atoms with E-state index in [1.54, 1.807) is 31.2 Å². The molecule has 1 aromatic rings. The van der Waals surface area contributed by atoms with E-state index >= 15 is 0 Å². The Labute approximate surface area is 118 Å². The predicted octanol–water partition coefficient (Wildman–Crippen LogP) is 1.90. The van der Waals surface area contributed by atoms with Crippen LogP contribution in [-0.2, 0) is 9.53 Å². The highest BCUT2D eigenvalue weighted by molar-refractivity contribution is 5.96. The van der Waals surface area contributed by atoms with E-state index in [1.807, 2.05) is 4.90 Å². The van der Waals surface area contributed by atoms with Crippen LogP contribution in [-0.4, -0.2) is 43.0 Å². The number of hydrogen-bond donors (Lipinski definition) is 1. The molecule has 5 nitrogen and oxygen atoms in total. The number of carbonyl (C=O) groups is 2. The number of ether oxygens (including phenoxy) is 1. The van der Waals surface area contributed by atoms with Crippen molar-refractivity contribution in [1.82, 2.24) is 4.90 Å². The van der Waals surface area contributed by atoms with Crippen molar-refractivity contribution >= 4 is 17.5 Å².